The number of allylic oxidation sites excluding steroid dienone is 1. The largest absolute Gasteiger partial charge is 0.206 e. The van der Waals surface area contributed by atoms with Crippen molar-refractivity contribution in [1.29, 1.82) is 0 Å². The van der Waals surface area contributed by atoms with Gasteiger partial charge < -0.3 is 0 Å². The number of hydrogen-bond donors (Lipinski definition) is 0. The Morgan fingerprint density at radius 3 is 1.96 bits per heavy atom. The Morgan fingerprint density at radius 1 is 0.708 bits per heavy atom. The van der Waals surface area contributed by atoms with Gasteiger partial charge in [0.25, 0.3) is 0 Å². The fourth-order valence-corrected chi connectivity index (χ4v) is 2.68. The van der Waals surface area contributed by atoms with Crippen LogP contribution in [0.15, 0.2) is 66.7 Å². The van der Waals surface area contributed by atoms with E-state index in [1.165, 1.54) is 12.1 Å². The first-order chi connectivity index (χ1) is 11.6. The van der Waals surface area contributed by atoms with E-state index in [1.54, 1.807) is 30.4 Å². The van der Waals surface area contributed by atoms with Crippen molar-refractivity contribution in [3.63, 3.8) is 0 Å². The maximum absolute atomic E-state index is 14.5. The lowest BCUT2D eigenvalue weighted by molar-refractivity contribution is 0.623. The molecule has 0 unspecified atom stereocenters. The van der Waals surface area contributed by atoms with E-state index in [2.05, 4.69) is 0 Å². The fourth-order valence-electron chi connectivity index (χ4n) is 2.68. The Morgan fingerprint density at radius 2 is 1.33 bits per heavy atom. The third kappa shape index (κ3) is 3.28. The van der Waals surface area contributed by atoms with Gasteiger partial charge in [0.1, 0.15) is 11.6 Å². The van der Waals surface area contributed by atoms with Crippen molar-refractivity contribution in [1.82, 2.24) is 0 Å². The van der Waals surface area contributed by atoms with Crippen LogP contribution in [-0.2, 0) is 0 Å². The highest BCUT2D eigenvalue weighted by atomic mass is 19.1. The molecule has 24 heavy (non-hydrogen) atoms. The second kappa shape index (κ2) is 6.79. The van der Waals surface area contributed by atoms with Crippen LogP contribution in [0.3, 0.4) is 0 Å². The highest BCUT2D eigenvalue weighted by Crippen LogP contribution is 2.29. The van der Waals surface area contributed by atoms with E-state index in [0.717, 1.165) is 16.7 Å². The Bertz CT molecular complexity index is 890. The molecule has 0 heterocycles. The van der Waals surface area contributed by atoms with Crippen molar-refractivity contribution in [2.24, 2.45) is 0 Å². The van der Waals surface area contributed by atoms with Crippen molar-refractivity contribution >= 4 is 6.08 Å². The van der Waals surface area contributed by atoms with Gasteiger partial charge in [0.15, 0.2) is 0 Å². The molecule has 0 aliphatic rings. The van der Waals surface area contributed by atoms with Gasteiger partial charge in [-0.05, 0) is 42.7 Å². The van der Waals surface area contributed by atoms with Crippen molar-refractivity contribution < 1.29 is 8.78 Å². The molecule has 0 bridgehead atoms. The lowest BCUT2D eigenvalue weighted by Gasteiger charge is -2.08. The average Bonchev–Trinajstić information content (AvgIpc) is 2.57. The molecule has 3 rings (SSSR count). The summed E-state index contributed by atoms with van der Waals surface area (Å²) in [6.45, 7) is 3.84. The molecular formula is C22H18F2. The molecule has 3 aromatic rings. The second-order valence-electron chi connectivity index (χ2n) is 5.80. The van der Waals surface area contributed by atoms with E-state index in [4.69, 9.17) is 0 Å². The van der Waals surface area contributed by atoms with Crippen LogP contribution < -0.4 is 0 Å². The van der Waals surface area contributed by atoms with Crippen LogP contribution in [0.4, 0.5) is 8.78 Å². The Labute approximate surface area is 141 Å². The van der Waals surface area contributed by atoms with E-state index in [0.29, 0.717) is 16.7 Å². The summed E-state index contributed by atoms with van der Waals surface area (Å²) in [5, 5.41) is 0. The van der Waals surface area contributed by atoms with Gasteiger partial charge in [-0.1, -0.05) is 66.2 Å². The average molecular weight is 320 g/mol. The highest BCUT2D eigenvalue weighted by molar-refractivity contribution is 5.72. The molecule has 0 atom stereocenters. The van der Waals surface area contributed by atoms with Gasteiger partial charge >= 0.3 is 0 Å². The zero-order valence-electron chi connectivity index (χ0n) is 13.7. The Balaban J connectivity index is 1.98. The summed E-state index contributed by atoms with van der Waals surface area (Å²) in [6, 6.07) is 17.8. The quantitative estimate of drug-likeness (QED) is 0.507. The maximum Gasteiger partial charge on any atom is 0.131 e. The molecule has 0 saturated heterocycles. The number of hydrogen-bond acceptors (Lipinski definition) is 0. The molecule has 3 aromatic carbocycles. The minimum Gasteiger partial charge on any atom is -0.206 e. The lowest BCUT2D eigenvalue weighted by Crippen LogP contribution is -1.89. The standard InChI is InChI=1S/C22H18F2/c1-3-4-17-9-10-19(14-21(17)23)20-12-11-18(13-22(20)24)16-7-5-15(2)6-8-16/h3-14H,1-2H3/b4-3+. The van der Waals surface area contributed by atoms with E-state index in [-0.39, 0.29) is 11.6 Å². The lowest BCUT2D eigenvalue weighted by atomic mass is 9.98. The molecule has 120 valence electrons. The molecule has 0 fully saturated rings. The summed E-state index contributed by atoms with van der Waals surface area (Å²) in [5.41, 5.74) is 4.36. The van der Waals surface area contributed by atoms with Gasteiger partial charge in [-0.15, -0.1) is 0 Å². The number of aryl methyl sites for hydroxylation is 1. The van der Waals surface area contributed by atoms with Gasteiger partial charge in [-0.2, -0.15) is 0 Å². The van der Waals surface area contributed by atoms with Crippen LogP contribution in [0.2, 0.25) is 0 Å². The molecule has 0 saturated carbocycles. The van der Waals surface area contributed by atoms with E-state index < -0.39 is 0 Å². The van der Waals surface area contributed by atoms with Crippen LogP contribution in [0, 0.1) is 18.6 Å². The van der Waals surface area contributed by atoms with E-state index >= 15 is 0 Å². The molecule has 0 radical (unpaired) electrons. The highest BCUT2D eigenvalue weighted by Gasteiger charge is 2.09. The van der Waals surface area contributed by atoms with Crippen LogP contribution >= 0.6 is 0 Å². The first-order valence-corrected chi connectivity index (χ1v) is 7.87. The van der Waals surface area contributed by atoms with E-state index in [9.17, 15) is 8.78 Å². The van der Waals surface area contributed by atoms with Gasteiger partial charge in [0.05, 0.1) is 0 Å². The Hall–Kier alpha value is -2.74. The summed E-state index contributed by atoms with van der Waals surface area (Å²) in [6.07, 6.45) is 3.46. The van der Waals surface area contributed by atoms with Gasteiger partial charge in [0, 0.05) is 11.1 Å². The minimum atomic E-state index is -0.355. The van der Waals surface area contributed by atoms with Gasteiger partial charge in [-0.3, -0.25) is 0 Å². The van der Waals surface area contributed by atoms with Gasteiger partial charge in [-0.25, -0.2) is 8.78 Å². The monoisotopic (exact) mass is 320 g/mol. The SMILES string of the molecule is C/C=C/c1ccc(-c2ccc(-c3ccc(C)cc3)cc2F)cc1F. The summed E-state index contributed by atoms with van der Waals surface area (Å²) < 4.78 is 28.6. The van der Waals surface area contributed by atoms with Crippen LogP contribution in [0.1, 0.15) is 18.1 Å². The third-order valence-corrected chi connectivity index (χ3v) is 4.01. The topological polar surface area (TPSA) is 0 Å². The first-order valence-electron chi connectivity index (χ1n) is 7.87. The number of halogens is 2. The number of benzene rings is 3. The van der Waals surface area contributed by atoms with Crippen LogP contribution in [0.25, 0.3) is 28.3 Å². The molecular weight excluding hydrogens is 302 g/mol. The molecule has 0 spiro atoms. The first kappa shape index (κ1) is 16.1. The summed E-state index contributed by atoms with van der Waals surface area (Å²) >= 11 is 0. The zero-order valence-corrected chi connectivity index (χ0v) is 13.7. The summed E-state index contributed by atoms with van der Waals surface area (Å²) in [5.74, 6) is -0.709. The summed E-state index contributed by atoms with van der Waals surface area (Å²) in [4.78, 5) is 0. The van der Waals surface area contributed by atoms with Crippen molar-refractivity contribution in [3.05, 3.63) is 89.5 Å². The van der Waals surface area contributed by atoms with Crippen molar-refractivity contribution in [2.45, 2.75) is 13.8 Å². The maximum atomic E-state index is 14.5. The fraction of sp³-hybridized carbons (Fsp3) is 0.0909. The van der Waals surface area contributed by atoms with Crippen LogP contribution in [-0.4, -0.2) is 0 Å². The second-order valence-corrected chi connectivity index (χ2v) is 5.80. The Kier molecular flexibility index (Phi) is 4.57. The van der Waals surface area contributed by atoms with E-state index in [1.807, 2.05) is 44.2 Å². The molecule has 0 aliphatic carbocycles. The molecule has 0 nitrogen and oxygen atoms in total. The van der Waals surface area contributed by atoms with Crippen LogP contribution in [0.5, 0.6) is 0 Å². The van der Waals surface area contributed by atoms with Gasteiger partial charge in [0.2, 0.25) is 0 Å². The van der Waals surface area contributed by atoms with Crippen molar-refractivity contribution in [3.8, 4) is 22.3 Å². The third-order valence-electron chi connectivity index (χ3n) is 4.01. The molecule has 0 aliphatic heterocycles. The molecule has 2 heteroatoms. The zero-order chi connectivity index (χ0) is 17.1. The predicted molar refractivity (Wildman–Crippen MR) is 96.7 cm³/mol. The number of rotatable bonds is 3. The van der Waals surface area contributed by atoms with Crippen molar-refractivity contribution in [2.75, 3.05) is 0 Å². The minimum absolute atomic E-state index is 0.354. The predicted octanol–water partition coefficient (Wildman–Crippen LogP) is 6.64. The molecule has 0 N–H and O–H groups in total. The normalized spacial score (nSPS) is 11.2. The molecule has 0 aromatic heterocycles. The smallest absolute Gasteiger partial charge is 0.131 e. The summed E-state index contributed by atoms with van der Waals surface area (Å²) in [7, 11) is 0. The molecule has 0 amide bonds.